The normalized spacial score (nSPS) is 17.9. The number of sulfonamides is 1. The van der Waals surface area contributed by atoms with Crippen LogP contribution in [0.2, 0.25) is 0 Å². The lowest BCUT2D eigenvalue weighted by atomic mass is 9.64. The Morgan fingerprint density at radius 3 is 2.47 bits per heavy atom. The van der Waals surface area contributed by atoms with Crippen LogP contribution in [0.25, 0.3) is 22.0 Å². The molecule has 1 saturated carbocycles. The smallest absolute Gasteiger partial charge is 0.290 e. The maximum atomic E-state index is 13.1. The highest BCUT2D eigenvalue weighted by atomic mass is 32.2. The summed E-state index contributed by atoms with van der Waals surface area (Å²) in [6.45, 7) is 3.66. The van der Waals surface area contributed by atoms with Crippen LogP contribution in [0.4, 0.5) is 17.2 Å². The molecule has 2 aromatic heterocycles. The second-order valence-corrected chi connectivity index (χ2v) is 12.1. The summed E-state index contributed by atoms with van der Waals surface area (Å²) in [5.74, 6) is 1.43. The standard InChI is InChI=1S/C26H29N5O3S.CH2O2/c1-4-16-14-31(15-16)24-21(29-35(3,33)34)11-18(12-28-24)17-6-7-20-19(10-17)23-22(13-27-20)30(2)25(32)26(23)8-5-9-26;2-1-3/h6-7,10-13,16,29H,4-5,8-9,14-15H2,1-3H3;1H,(H,2,3). The molecule has 6 rings (SSSR count). The summed E-state index contributed by atoms with van der Waals surface area (Å²) in [4.78, 5) is 34.7. The summed E-state index contributed by atoms with van der Waals surface area (Å²) in [7, 11) is -1.64. The van der Waals surface area contributed by atoms with Gasteiger partial charge in [0.1, 0.15) is 0 Å². The number of amides is 1. The van der Waals surface area contributed by atoms with Gasteiger partial charge in [0.25, 0.3) is 6.47 Å². The van der Waals surface area contributed by atoms with Crippen LogP contribution < -0.4 is 14.5 Å². The van der Waals surface area contributed by atoms with Gasteiger partial charge in [0.05, 0.1) is 34.8 Å². The average Bonchev–Trinajstić information content (AvgIpc) is 3.06. The molecule has 2 N–H and O–H groups in total. The van der Waals surface area contributed by atoms with Crippen molar-refractivity contribution in [3.63, 3.8) is 0 Å². The molecular formula is C27H31N5O5S. The summed E-state index contributed by atoms with van der Waals surface area (Å²) in [5.41, 5.74) is 4.59. The topological polar surface area (TPSA) is 133 Å². The second kappa shape index (κ2) is 9.54. The first-order valence-corrected chi connectivity index (χ1v) is 14.5. The number of pyridine rings is 2. The third-order valence-electron chi connectivity index (χ3n) is 7.94. The number of anilines is 3. The van der Waals surface area contributed by atoms with Crippen molar-refractivity contribution in [2.75, 3.05) is 40.9 Å². The van der Waals surface area contributed by atoms with Crippen LogP contribution in [0.1, 0.15) is 38.2 Å². The molecule has 10 nitrogen and oxygen atoms in total. The Labute approximate surface area is 221 Å². The highest BCUT2D eigenvalue weighted by Crippen LogP contribution is 2.55. The molecule has 0 bridgehead atoms. The molecule has 1 aromatic carbocycles. The Morgan fingerprint density at radius 2 is 1.87 bits per heavy atom. The molecule has 1 spiro atoms. The van der Waals surface area contributed by atoms with Crippen molar-refractivity contribution in [1.82, 2.24) is 9.97 Å². The Kier molecular flexibility index (Phi) is 6.50. The minimum Gasteiger partial charge on any atom is -0.483 e. The van der Waals surface area contributed by atoms with Crippen molar-refractivity contribution < 1.29 is 23.1 Å². The molecule has 2 fully saturated rings. The zero-order chi connectivity index (χ0) is 27.2. The van der Waals surface area contributed by atoms with E-state index in [-0.39, 0.29) is 12.4 Å². The maximum absolute atomic E-state index is 13.1. The highest BCUT2D eigenvalue weighted by Gasteiger charge is 2.54. The van der Waals surface area contributed by atoms with Gasteiger partial charge < -0.3 is 14.9 Å². The number of carboxylic acid groups (broad SMARTS) is 1. The van der Waals surface area contributed by atoms with E-state index in [2.05, 4.69) is 32.6 Å². The average molecular weight is 538 g/mol. The van der Waals surface area contributed by atoms with Gasteiger partial charge in [-0.2, -0.15) is 0 Å². The van der Waals surface area contributed by atoms with Crippen LogP contribution in [0.3, 0.4) is 0 Å². The van der Waals surface area contributed by atoms with E-state index in [4.69, 9.17) is 9.90 Å². The SMILES string of the molecule is CCC1CN(c2ncc(-c3ccc4ncc5c(c4c3)C3(CCC3)C(=O)N5C)cc2NS(C)(=O)=O)C1.O=CO. The van der Waals surface area contributed by atoms with E-state index in [1.54, 1.807) is 11.1 Å². The van der Waals surface area contributed by atoms with Gasteiger partial charge in [-0.05, 0) is 48.9 Å². The number of carbonyl (C=O) groups is 2. The van der Waals surface area contributed by atoms with Gasteiger partial charge in [0, 0.05) is 42.8 Å². The Morgan fingerprint density at radius 1 is 1.16 bits per heavy atom. The first kappa shape index (κ1) is 25.9. The molecule has 1 saturated heterocycles. The number of hydrogen-bond donors (Lipinski definition) is 2. The van der Waals surface area contributed by atoms with E-state index < -0.39 is 15.4 Å². The molecule has 0 atom stereocenters. The summed E-state index contributed by atoms with van der Waals surface area (Å²) in [6, 6.07) is 7.88. The minimum absolute atomic E-state index is 0.157. The Balaban J connectivity index is 0.000000937. The van der Waals surface area contributed by atoms with E-state index in [1.807, 2.05) is 31.4 Å². The molecule has 2 aliphatic heterocycles. The molecule has 0 unspecified atom stereocenters. The summed E-state index contributed by atoms with van der Waals surface area (Å²) in [5, 5.41) is 7.87. The number of benzene rings is 1. The van der Waals surface area contributed by atoms with E-state index in [0.717, 1.165) is 78.3 Å². The fraction of sp³-hybridized carbons (Fsp3) is 0.407. The zero-order valence-electron chi connectivity index (χ0n) is 21.6. The lowest BCUT2D eigenvalue weighted by Gasteiger charge is -2.40. The van der Waals surface area contributed by atoms with Crippen LogP contribution in [-0.4, -0.2) is 62.3 Å². The maximum Gasteiger partial charge on any atom is 0.290 e. The van der Waals surface area contributed by atoms with Crippen LogP contribution in [0.15, 0.2) is 36.7 Å². The first-order chi connectivity index (χ1) is 18.1. The van der Waals surface area contributed by atoms with Crippen LogP contribution in [0, 0.1) is 5.92 Å². The molecular weight excluding hydrogens is 506 g/mol. The van der Waals surface area contributed by atoms with E-state index >= 15 is 0 Å². The van der Waals surface area contributed by atoms with Crippen LogP contribution >= 0.6 is 0 Å². The molecule has 1 amide bonds. The predicted octanol–water partition coefficient (Wildman–Crippen LogP) is 3.61. The van der Waals surface area contributed by atoms with Gasteiger partial charge >= 0.3 is 0 Å². The molecule has 3 aliphatic rings. The van der Waals surface area contributed by atoms with Crippen molar-refractivity contribution in [3.05, 3.63) is 42.2 Å². The third-order valence-corrected chi connectivity index (χ3v) is 8.53. The zero-order valence-corrected chi connectivity index (χ0v) is 22.5. The summed E-state index contributed by atoms with van der Waals surface area (Å²) < 4.78 is 26.9. The predicted molar refractivity (Wildman–Crippen MR) is 147 cm³/mol. The summed E-state index contributed by atoms with van der Waals surface area (Å²) in [6.07, 6.45) is 8.63. The van der Waals surface area contributed by atoms with Gasteiger partial charge in [-0.1, -0.05) is 19.4 Å². The number of likely N-dealkylation sites (N-methyl/N-ethyl adjacent to an activating group) is 1. The molecule has 3 aromatic rings. The van der Waals surface area contributed by atoms with Gasteiger partial charge in [-0.25, -0.2) is 13.4 Å². The molecule has 200 valence electrons. The van der Waals surface area contributed by atoms with Crippen molar-refractivity contribution >= 4 is 50.5 Å². The number of rotatable bonds is 5. The monoisotopic (exact) mass is 537 g/mol. The third kappa shape index (κ3) is 4.24. The highest BCUT2D eigenvalue weighted by molar-refractivity contribution is 7.92. The van der Waals surface area contributed by atoms with E-state index in [1.165, 1.54) is 0 Å². The summed E-state index contributed by atoms with van der Waals surface area (Å²) >= 11 is 0. The van der Waals surface area contributed by atoms with Crippen LogP contribution in [0.5, 0.6) is 0 Å². The Bertz CT molecular complexity index is 1530. The largest absolute Gasteiger partial charge is 0.483 e. The minimum atomic E-state index is -3.47. The molecule has 1 aliphatic carbocycles. The number of nitrogens with zero attached hydrogens (tertiary/aromatic N) is 4. The van der Waals surface area contributed by atoms with Crippen molar-refractivity contribution in [1.29, 1.82) is 0 Å². The number of nitrogens with one attached hydrogen (secondary N) is 1. The lowest BCUT2D eigenvalue weighted by molar-refractivity contribution is -0.125. The van der Waals surface area contributed by atoms with Gasteiger partial charge in [-0.15, -0.1) is 0 Å². The number of carbonyl (C=O) groups excluding carboxylic acids is 1. The molecule has 38 heavy (non-hydrogen) atoms. The van der Waals surface area contributed by atoms with E-state index in [0.29, 0.717) is 17.4 Å². The number of aromatic nitrogens is 2. The van der Waals surface area contributed by atoms with Crippen molar-refractivity contribution in [2.45, 2.75) is 38.0 Å². The fourth-order valence-electron chi connectivity index (χ4n) is 5.79. The number of hydrogen-bond acceptors (Lipinski definition) is 7. The second-order valence-electron chi connectivity index (χ2n) is 10.3. The quantitative estimate of drug-likeness (QED) is 0.472. The van der Waals surface area contributed by atoms with E-state index in [9.17, 15) is 13.2 Å². The first-order valence-electron chi connectivity index (χ1n) is 12.6. The van der Waals surface area contributed by atoms with Gasteiger partial charge in [0.15, 0.2) is 5.82 Å². The van der Waals surface area contributed by atoms with Gasteiger partial charge in [-0.3, -0.25) is 19.3 Å². The fourth-order valence-corrected chi connectivity index (χ4v) is 6.34. The van der Waals surface area contributed by atoms with Crippen molar-refractivity contribution in [3.8, 4) is 11.1 Å². The molecule has 11 heteroatoms. The molecule has 4 heterocycles. The lowest BCUT2D eigenvalue weighted by Crippen LogP contribution is -2.47. The van der Waals surface area contributed by atoms with Crippen molar-refractivity contribution in [2.24, 2.45) is 5.92 Å². The number of fused-ring (bicyclic) bond motifs is 4. The van der Waals surface area contributed by atoms with Crippen LogP contribution in [-0.2, 0) is 25.0 Å². The molecule has 0 radical (unpaired) electrons. The Hall–Kier alpha value is -3.73. The van der Waals surface area contributed by atoms with Gasteiger partial charge in [0.2, 0.25) is 15.9 Å².